The Bertz CT molecular complexity index is 777. The fourth-order valence-corrected chi connectivity index (χ4v) is 3.67. The second kappa shape index (κ2) is 8.63. The zero-order chi connectivity index (χ0) is 19.3. The molecule has 0 aliphatic carbocycles. The molecular weight excluding hydrogens is 352 g/mol. The molecule has 1 amide bonds. The van der Waals surface area contributed by atoms with Gasteiger partial charge in [0.2, 0.25) is 0 Å². The average molecular weight is 380 g/mol. The van der Waals surface area contributed by atoms with E-state index < -0.39 is 0 Å². The summed E-state index contributed by atoms with van der Waals surface area (Å²) in [6.45, 7) is 7.54. The number of nitrogens with zero attached hydrogens (tertiary/aromatic N) is 3. The van der Waals surface area contributed by atoms with Gasteiger partial charge in [0.25, 0.3) is 5.91 Å². The second-order valence-electron chi connectivity index (χ2n) is 7.44. The number of hydrogen-bond acceptors (Lipinski definition) is 5. The average Bonchev–Trinajstić information content (AvgIpc) is 2.76. The lowest BCUT2D eigenvalue weighted by Gasteiger charge is -2.34. The number of hydrogen-bond donors (Lipinski definition) is 1. The van der Waals surface area contributed by atoms with E-state index in [9.17, 15) is 4.79 Å². The largest absolute Gasteiger partial charge is 0.378 e. The number of carbonyl (C=O) groups excluding carboxylic acids is 1. The number of carbonyl (C=O) groups is 1. The maximum absolute atomic E-state index is 12.6. The van der Waals surface area contributed by atoms with Crippen LogP contribution in [0.4, 0.5) is 17.1 Å². The summed E-state index contributed by atoms with van der Waals surface area (Å²) < 4.78 is 5.39. The maximum atomic E-state index is 12.6. The Morgan fingerprint density at radius 1 is 0.786 bits per heavy atom. The lowest BCUT2D eigenvalue weighted by atomic mass is 10.1. The minimum Gasteiger partial charge on any atom is -0.378 e. The zero-order valence-corrected chi connectivity index (χ0v) is 16.4. The SMILES string of the molecule is CN1CCN(c2ccc(NC(=O)c3ccc(N4CCOCC4)cc3)cc2)CC1. The highest BCUT2D eigenvalue weighted by molar-refractivity contribution is 6.04. The first-order chi connectivity index (χ1) is 13.7. The molecule has 2 saturated heterocycles. The van der Waals surface area contributed by atoms with Crippen molar-refractivity contribution in [3.05, 3.63) is 54.1 Å². The van der Waals surface area contributed by atoms with Gasteiger partial charge in [-0.15, -0.1) is 0 Å². The van der Waals surface area contributed by atoms with Crippen LogP contribution in [0.1, 0.15) is 10.4 Å². The molecule has 2 fully saturated rings. The molecule has 2 aliphatic rings. The predicted octanol–water partition coefficient (Wildman–Crippen LogP) is 2.53. The van der Waals surface area contributed by atoms with Crippen LogP contribution in [0.25, 0.3) is 0 Å². The van der Waals surface area contributed by atoms with Crippen molar-refractivity contribution in [1.82, 2.24) is 4.90 Å². The number of morpholine rings is 1. The summed E-state index contributed by atoms with van der Waals surface area (Å²) in [5, 5.41) is 3.00. The number of benzene rings is 2. The Hall–Kier alpha value is -2.57. The van der Waals surface area contributed by atoms with Gasteiger partial charge in [0.05, 0.1) is 13.2 Å². The van der Waals surface area contributed by atoms with Crippen molar-refractivity contribution in [2.45, 2.75) is 0 Å². The highest BCUT2D eigenvalue weighted by Crippen LogP contribution is 2.21. The number of piperazine rings is 1. The van der Waals surface area contributed by atoms with E-state index in [0.717, 1.165) is 63.9 Å². The van der Waals surface area contributed by atoms with Gasteiger partial charge in [-0.1, -0.05) is 0 Å². The van der Waals surface area contributed by atoms with Gasteiger partial charge >= 0.3 is 0 Å². The van der Waals surface area contributed by atoms with Crippen LogP contribution in [0.15, 0.2) is 48.5 Å². The predicted molar refractivity (Wildman–Crippen MR) is 114 cm³/mol. The Morgan fingerprint density at radius 3 is 1.93 bits per heavy atom. The molecule has 0 unspecified atom stereocenters. The number of rotatable bonds is 4. The molecule has 0 saturated carbocycles. The maximum Gasteiger partial charge on any atom is 0.255 e. The summed E-state index contributed by atoms with van der Waals surface area (Å²) in [5.41, 5.74) is 3.83. The van der Waals surface area contributed by atoms with Gasteiger partial charge in [0.15, 0.2) is 0 Å². The van der Waals surface area contributed by atoms with Gasteiger partial charge in [-0.2, -0.15) is 0 Å². The highest BCUT2D eigenvalue weighted by Gasteiger charge is 2.15. The first-order valence-corrected chi connectivity index (χ1v) is 9.97. The van der Waals surface area contributed by atoms with Crippen LogP contribution in [0, 0.1) is 0 Å². The third kappa shape index (κ3) is 4.46. The van der Waals surface area contributed by atoms with E-state index in [-0.39, 0.29) is 5.91 Å². The Kier molecular flexibility index (Phi) is 5.78. The fourth-order valence-electron chi connectivity index (χ4n) is 3.67. The topological polar surface area (TPSA) is 48.0 Å². The van der Waals surface area contributed by atoms with Crippen LogP contribution in [-0.4, -0.2) is 70.3 Å². The van der Waals surface area contributed by atoms with E-state index in [1.807, 2.05) is 36.4 Å². The van der Waals surface area contributed by atoms with Crippen LogP contribution in [0.3, 0.4) is 0 Å². The third-order valence-corrected chi connectivity index (χ3v) is 5.50. The van der Waals surface area contributed by atoms with Crippen molar-refractivity contribution < 1.29 is 9.53 Å². The van der Waals surface area contributed by atoms with Crippen LogP contribution in [-0.2, 0) is 4.74 Å². The smallest absolute Gasteiger partial charge is 0.255 e. The molecule has 1 N–H and O–H groups in total. The normalized spacial score (nSPS) is 18.2. The number of amides is 1. The quantitative estimate of drug-likeness (QED) is 0.883. The summed E-state index contributed by atoms with van der Waals surface area (Å²) in [6, 6.07) is 15.9. The van der Waals surface area contributed by atoms with Crippen LogP contribution in [0.2, 0.25) is 0 Å². The van der Waals surface area contributed by atoms with Crippen LogP contribution in [0.5, 0.6) is 0 Å². The van der Waals surface area contributed by atoms with Crippen molar-refractivity contribution in [3.8, 4) is 0 Å². The number of anilines is 3. The van der Waals surface area contributed by atoms with Crippen molar-refractivity contribution in [3.63, 3.8) is 0 Å². The molecule has 0 atom stereocenters. The zero-order valence-electron chi connectivity index (χ0n) is 16.4. The minimum absolute atomic E-state index is 0.0825. The molecule has 4 rings (SSSR count). The standard InChI is InChI=1S/C22H28N4O2/c1-24-10-12-25(13-11-24)21-8-4-19(5-9-21)23-22(27)18-2-6-20(7-3-18)26-14-16-28-17-15-26/h2-9H,10-17H2,1H3,(H,23,27). The summed E-state index contributed by atoms with van der Waals surface area (Å²) in [7, 11) is 2.16. The first-order valence-electron chi connectivity index (χ1n) is 9.97. The molecule has 148 valence electrons. The van der Waals surface area contributed by atoms with Crippen molar-refractivity contribution in [2.24, 2.45) is 0 Å². The van der Waals surface area contributed by atoms with E-state index in [2.05, 4.69) is 39.2 Å². The molecule has 2 aliphatic heterocycles. The van der Waals surface area contributed by atoms with Gasteiger partial charge in [-0.3, -0.25) is 4.79 Å². The molecule has 0 radical (unpaired) electrons. The van der Waals surface area contributed by atoms with Gasteiger partial charge < -0.3 is 24.8 Å². The highest BCUT2D eigenvalue weighted by atomic mass is 16.5. The van der Waals surface area contributed by atoms with Gasteiger partial charge in [0, 0.05) is 61.9 Å². The number of nitrogens with one attached hydrogen (secondary N) is 1. The van der Waals surface area contributed by atoms with Gasteiger partial charge in [0.1, 0.15) is 0 Å². The Morgan fingerprint density at radius 2 is 1.32 bits per heavy atom. The molecular formula is C22H28N4O2. The van der Waals surface area contributed by atoms with E-state index in [1.54, 1.807) is 0 Å². The summed E-state index contributed by atoms with van der Waals surface area (Å²) in [6.07, 6.45) is 0. The molecule has 0 spiro atoms. The fraction of sp³-hybridized carbons (Fsp3) is 0.409. The molecule has 2 aromatic rings. The first kappa shape index (κ1) is 18.8. The molecule has 28 heavy (non-hydrogen) atoms. The van der Waals surface area contributed by atoms with E-state index in [4.69, 9.17) is 4.74 Å². The van der Waals surface area contributed by atoms with Crippen molar-refractivity contribution in [1.29, 1.82) is 0 Å². The van der Waals surface area contributed by atoms with Gasteiger partial charge in [-0.25, -0.2) is 0 Å². The second-order valence-corrected chi connectivity index (χ2v) is 7.44. The molecule has 0 bridgehead atoms. The summed E-state index contributed by atoms with van der Waals surface area (Å²) in [4.78, 5) is 19.6. The van der Waals surface area contributed by atoms with E-state index in [0.29, 0.717) is 5.56 Å². The Balaban J connectivity index is 1.35. The number of likely N-dealkylation sites (N-methyl/N-ethyl adjacent to an activating group) is 1. The van der Waals surface area contributed by atoms with Crippen molar-refractivity contribution >= 4 is 23.0 Å². The van der Waals surface area contributed by atoms with Crippen LogP contribution < -0.4 is 15.1 Å². The lowest BCUT2D eigenvalue weighted by molar-refractivity contribution is 0.102. The van der Waals surface area contributed by atoms with Crippen LogP contribution >= 0.6 is 0 Å². The monoisotopic (exact) mass is 380 g/mol. The molecule has 6 nitrogen and oxygen atoms in total. The molecule has 6 heteroatoms. The Labute approximate surface area is 166 Å². The van der Waals surface area contributed by atoms with Gasteiger partial charge in [-0.05, 0) is 55.6 Å². The van der Waals surface area contributed by atoms with E-state index in [1.165, 1.54) is 5.69 Å². The van der Waals surface area contributed by atoms with E-state index >= 15 is 0 Å². The summed E-state index contributed by atoms with van der Waals surface area (Å²) >= 11 is 0. The number of ether oxygens (including phenoxy) is 1. The molecule has 0 aromatic heterocycles. The molecule has 2 heterocycles. The minimum atomic E-state index is -0.0825. The third-order valence-electron chi connectivity index (χ3n) is 5.50. The summed E-state index contributed by atoms with van der Waals surface area (Å²) in [5.74, 6) is -0.0825. The van der Waals surface area contributed by atoms with Crippen molar-refractivity contribution in [2.75, 3.05) is 74.6 Å². The molecule has 2 aromatic carbocycles. The lowest BCUT2D eigenvalue weighted by Crippen LogP contribution is -2.44.